The zero-order valence-corrected chi connectivity index (χ0v) is 14.9. The fourth-order valence-corrected chi connectivity index (χ4v) is 2.80. The smallest absolute Gasteiger partial charge is 0.252 e. The second kappa shape index (κ2) is 13.5. The van der Waals surface area contributed by atoms with E-state index in [0.717, 1.165) is 32.3 Å². The molecule has 0 heterocycles. The predicted molar refractivity (Wildman–Crippen MR) is 87.5 cm³/mol. The highest BCUT2D eigenvalue weighted by Gasteiger charge is 2.07. The van der Waals surface area contributed by atoms with Gasteiger partial charge < -0.3 is 0 Å². The molecule has 128 valence electrons. The Hall–Kier alpha value is -0.130. The number of hydrogen-bond acceptors (Lipinski definition) is 4. The van der Waals surface area contributed by atoms with Gasteiger partial charge in [0.1, 0.15) is 0 Å². The monoisotopic (exact) mass is 322 g/mol. The second-order valence-electron chi connectivity index (χ2n) is 5.91. The van der Waals surface area contributed by atoms with E-state index in [9.17, 15) is 8.42 Å². The summed E-state index contributed by atoms with van der Waals surface area (Å²) in [5.41, 5.74) is 0. The summed E-state index contributed by atoms with van der Waals surface area (Å²) in [5, 5.41) is 0. The molecule has 0 aromatic carbocycles. The van der Waals surface area contributed by atoms with Crippen molar-refractivity contribution in [2.24, 2.45) is 5.92 Å². The number of hydrogen-bond donors (Lipinski definition) is 0. The molecule has 0 spiro atoms. The highest BCUT2D eigenvalue weighted by molar-refractivity contribution is 7.81. The molecule has 0 aromatic heterocycles. The molecule has 0 radical (unpaired) electrons. The van der Waals surface area contributed by atoms with Crippen LogP contribution in [0, 0.1) is 5.92 Å². The maximum Gasteiger partial charge on any atom is 0.399 e. The Morgan fingerprint density at radius 3 is 1.95 bits per heavy atom. The summed E-state index contributed by atoms with van der Waals surface area (Å²) < 4.78 is 30.6. The van der Waals surface area contributed by atoms with Crippen molar-refractivity contribution in [3.8, 4) is 0 Å². The van der Waals surface area contributed by atoms with E-state index in [2.05, 4.69) is 22.2 Å². The third-order valence-corrected chi connectivity index (χ3v) is 4.69. The molecule has 1 atom stereocenters. The van der Waals surface area contributed by atoms with Gasteiger partial charge >= 0.3 is 10.4 Å². The molecule has 0 saturated heterocycles. The van der Waals surface area contributed by atoms with Crippen LogP contribution < -0.4 is 0 Å². The molecular weight excluding hydrogens is 288 g/mol. The van der Waals surface area contributed by atoms with Crippen molar-refractivity contribution in [3.05, 3.63) is 0 Å². The predicted octanol–water partition coefficient (Wildman–Crippen LogP) is 4.84. The van der Waals surface area contributed by atoms with Crippen molar-refractivity contribution in [2.45, 2.75) is 84.5 Å². The molecule has 0 N–H and O–H groups in total. The summed E-state index contributed by atoms with van der Waals surface area (Å²) in [6, 6.07) is 0. The summed E-state index contributed by atoms with van der Waals surface area (Å²) >= 11 is 0. The van der Waals surface area contributed by atoms with Crippen molar-refractivity contribution in [3.63, 3.8) is 0 Å². The fourth-order valence-electron chi connectivity index (χ4n) is 2.38. The lowest BCUT2D eigenvalue weighted by atomic mass is 9.97. The van der Waals surface area contributed by atoms with Gasteiger partial charge in [-0.2, -0.15) is 8.42 Å². The van der Waals surface area contributed by atoms with Crippen LogP contribution in [0.15, 0.2) is 0 Å². The topological polar surface area (TPSA) is 52.6 Å². The Balaban J connectivity index is 3.23. The molecule has 5 heteroatoms. The molecule has 0 rings (SSSR count). The standard InChI is InChI=1S/C16H34O4S/c1-4-5-13-16(2)14-11-9-7-6-8-10-12-15-20-21(17,18)19-3/h16H,4-15H2,1-3H3. The molecule has 4 nitrogen and oxygen atoms in total. The van der Waals surface area contributed by atoms with Crippen LogP contribution in [-0.4, -0.2) is 22.1 Å². The molecule has 0 fully saturated rings. The molecule has 0 saturated carbocycles. The number of unbranched alkanes of at least 4 members (excludes halogenated alkanes) is 7. The summed E-state index contributed by atoms with van der Waals surface area (Å²) in [6.07, 6.45) is 13.6. The van der Waals surface area contributed by atoms with Crippen molar-refractivity contribution in [1.82, 2.24) is 0 Å². The fraction of sp³-hybridized carbons (Fsp3) is 1.00. The van der Waals surface area contributed by atoms with Crippen LogP contribution in [0.1, 0.15) is 84.5 Å². The van der Waals surface area contributed by atoms with Crippen molar-refractivity contribution in [2.75, 3.05) is 13.7 Å². The minimum absolute atomic E-state index is 0.227. The Morgan fingerprint density at radius 2 is 1.38 bits per heavy atom. The first-order valence-electron chi connectivity index (χ1n) is 8.46. The molecule has 0 aromatic rings. The van der Waals surface area contributed by atoms with Gasteiger partial charge in [0.2, 0.25) is 0 Å². The summed E-state index contributed by atoms with van der Waals surface area (Å²) in [4.78, 5) is 0. The normalized spacial score (nSPS) is 13.5. The highest BCUT2D eigenvalue weighted by atomic mass is 32.3. The van der Waals surface area contributed by atoms with Gasteiger partial charge in [-0.1, -0.05) is 78.1 Å². The molecule has 0 aliphatic heterocycles. The second-order valence-corrected chi connectivity index (χ2v) is 7.29. The first kappa shape index (κ1) is 20.9. The third kappa shape index (κ3) is 14.6. The lowest BCUT2D eigenvalue weighted by Crippen LogP contribution is -2.08. The van der Waals surface area contributed by atoms with E-state index < -0.39 is 10.4 Å². The first-order chi connectivity index (χ1) is 10.0. The van der Waals surface area contributed by atoms with E-state index in [0.29, 0.717) is 0 Å². The van der Waals surface area contributed by atoms with E-state index in [-0.39, 0.29) is 6.61 Å². The van der Waals surface area contributed by atoms with Crippen LogP contribution in [-0.2, 0) is 18.8 Å². The van der Waals surface area contributed by atoms with E-state index in [1.807, 2.05) is 0 Å². The third-order valence-electron chi connectivity index (χ3n) is 3.82. The van der Waals surface area contributed by atoms with Crippen LogP contribution in [0.4, 0.5) is 0 Å². The van der Waals surface area contributed by atoms with Crippen LogP contribution in [0.3, 0.4) is 0 Å². The van der Waals surface area contributed by atoms with Crippen LogP contribution in [0.25, 0.3) is 0 Å². The van der Waals surface area contributed by atoms with Gasteiger partial charge in [-0.15, -0.1) is 0 Å². The Bertz CT molecular complexity index is 314. The van der Waals surface area contributed by atoms with E-state index in [1.54, 1.807) is 0 Å². The van der Waals surface area contributed by atoms with Crippen molar-refractivity contribution >= 4 is 10.4 Å². The zero-order chi connectivity index (χ0) is 16.0. The van der Waals surface area contributed by atoms with E-state index >= 15 is 0 Å². The summed E-state index contributed by atoms with van der Waals surface area (Å²) in [7, 11) is -2.63. The van der Waals surface area contributed by atoms with Gasteiger partial charge in [0.05, 0.1) is 13.7 Å². The van der Waals surface area contributed by atoms with Gasteiger partial charge in [-0.25, -0.2) is 4.18 Å². The molecule has 0 amide bonds. The molecule has 1 unspecified atom stereocenters. The molecular formula is C16H34O4S. The van der Waals surface area contributed by atoms with Crippen molar-refractivity contribution < 1.29 is 16.8 Å². The average Bonchev–Trinajstić information content (AvgIpc) is 2.47. The molecule has 21 heavy (non-hydrogen) atoms. The molecule has 0 aliphatic rings. The molecule has 0 bridgehead atoms. The summed E-state index contributed by atoms with van der Waals surface area (Å²) in [5.74, 6) is 0.879. The van der Waals surface area contributed by atoms with Crippen molar-refractivity contribution in [1.29, 1.82) is 0 Å². The minimum atomic E-state index is -3.74. The lowest BCUT2D eigenvalue weighted by molar-refractivity contribution is 0.238. The first-order valence-corrected chi connectivity index (χ1v) is 9.80. The van der Waals surface area contributed by atoms with Gasteiger partial charge in [-0.3, -0.25) is 4.18 Å². The largest absolute Gasteiger partial charge is 0.399 e. The van der Waals surface area contributed by atoms with E-state index in [4.69, 9.17) is 0 Å². The SMILES string of the molecule is CCCCC(C)CCCCCCCCCOS(=O)(=O)OC. The van der Waals surface area contributed by atoms with Gasteiger partial charge in [0.25, 0.3) is 0 Å². The van der Waals surface area contributed by atoms with Crippen LogP contribution in [0.5, 0.6) is 0 Å². The number of rotatable bonds is 15. The Labute approximate surface area is 131 Å². The molecule has 0 aliphatic carbocycles. The Morgan fingerprint density at radius 1 is 0.857 bits per heavy atom. The van der Waals surface area contributed by atoms with Gasteiger partial charge in [0, 0.05) is 0 Å². The van der Waals surface area contributed by atoms with Gasteiger partial charge in [-0.05, 0) is 12.3 Å². The van der Waals surface area contributed by atoms with Crippen LogP contribution >= 0.6 is 0 Å². The average molecular weight is 323 g/mol. The lowest BCUT2D eigenvalue weighted by Gasteiger charge is -2.10. The Kier molecular flexibility index (Phi) is 13.4. The quantitative estimate of drug-likeness (QED) is 0.405. The van der Waals surface area contributed by atoms with Gasteiger partial charge in [0.15, 0.2) is 0 Å². The zero-order valence-electron chi connectivity index (χ0n) is 14.1. The highest BCUT2D eigenvalue weighted by Crippen LogP contribution is 2.17. The van der Waals surface area contributed by atoms with Crippen LogP contribution in [0.2, 0.25) is 0 Å². The maximum absolute atomic E-state index is 10.9. The van der Waals surface area contributed by atoms with E-state index in [1.165, 1.54) is 51.4 Å². The minimum Gasteiger partial charge on any atom is -0.252 e. The maximum atomic E-state index is 10.9. The summed E-state index contributed by atoms with van der Waals surface area (Å²) in [6.45, 7) is 4.84.